The smallest absolute Gasteiger partial charge is 0.152 e. The summed E-state index contributed by atoms with van der Waals surface area (Å²) in [5, 5.41) is 0. The van der Waals surface area contributed by atoms with E-state index in [1.165, 1.54) is 42.4 Å². The summed E-state index contributed by atoms with van der Waals surface area (Å²) >= 11 is 0. The number of carbonyl (C=O) groups is 2. The number of carbonyl (C=O) groups excluding carboxylic acids is 2. The van der Waals surface area contributed by atoms with Crippen molar-refractivity contribution in [1.29, 1.82) is 0 Å². The highest BCUT2D eigenvalue weighted by molar-refractivity contribution is 7.91. The quantitative estimate of drug-likeness (QED) is 0.220. The lowest BCUT2D eigenvalue weighted by Crippen LogP contribution is -2.66. The highest BCUT2D eigenvalue weighted by atomic mass is 32.2. The fourth-order valence-electron chi connectivity index (χ4n) is 15.1. The topological polar surface area (TPSA) is 71.5 Å². The van der Waals surface area contributed by atoms with Crippen LogP contribution < -0.4 is 0 Å². The summed E-state index contributed by atoms with van der Waals surface area (Å²) in [5.74, 6) is 3.43. The van der Waals surface area contributed by atoms with E-state index in [0.717, 1.165) is 51.5 Å². The molecule has 5 nitrogen and oxygen atoms in total. The van der Waals surface area contributed by atoms with Gasteiger partial charge in [-0.3, -0.25) is 9.59 Å². The van der Waals surface area contributed by atoms with Crippen molar-refractivity contribution in [2.75, 3.05) is 37.8 Å². The molecule has 1 aliphatic heterocycles. The Bertz CT molecular complexity index is 1680. The molecule has 0 aromatic carbocycles. The Morgan fingerprint density at radius 1 is 0.868 bits per heavy atom. The summed E-state index contributed by atoms with van der Waals surface area (Å²) in [6.45, 7) is 22.7. The average Bonchev–Trinajstić information content (AvgIpc) is 3.50. The van der Waals surface area contributed by atoms with Crippen LogP contribution in [0.2, 0.25) is 0 Å². The molecule has 4 saturated carbocycles. The van der Waals surface area contributed by atoms with E-state index in [1.54, 1.807) is 6.92 Å². The van der Waals surface area contributed by atoms with Crippen LogP contribution in [0.1, 0.15) is 138 Å². The van der Waals surface area contributed by atoms with Crippen LogP contribution in [0.3, 0.4) is 0 Å². The molecule has 0 N–H and O–H groups in total. The highest BCUT2D eigenvalue weighted by Gasteiger charge is 2.71. The Morgan fingerprint density at radius 2 is 1.58 bits per heavy atom. The molecule has 7 aliphatic rings. The first kappa shape index (κ1) is 39.6. The third-order valence-corrected chi connectivity index (χ3v) is 20.1. The van der Waals surface area contributed by atoms with Crippen molar-refractivity contribution in [3.63, 3.8) is 0 Å². The number of Topliss-reactive ketones (excluding diaryl/α,β-unsaturated/α-hetero) is 2. The van der Waals surface area contributed by atoms with Crippen LogP contribution in [-0.4, -0.2) is 62.7 Å². The van der Waals surface area contributed by atoms with Crippen molar-refractivity contribution < 1.29 is 22.4 Å². The lowest BCUT2D eigenvalue weighted by Gasteiger charge is -2.72. The van der Waals surface area contributed by atoms with Crippen molar-refractivity contribution >= 4 is 21.4 Å². The molecule has 7 rings (SSSR count). The molecule has 296 valence electrons. The first-order chi connectivity index (χ1) is 24.8. The van der Waals surface area contributed by atoms with Gasteiger partial charge in [-0.05, 0) is 166 Å². The summed E-state index contributed by atoms with van der Waals surface area (Å²) in [4.78, 5) is 29.3. The SMILES string of the molecule is C=C(C)[C@@H]1CC[C@]2(C(=O)CCCN3CCS(=O)(=O)CC3)CC[C@]3(C)[C@H](CC[C@@H]4[C@@]5(C)CC=C(C6=CC[C@@](CF)(C(C)=O)CC6)C(C)(C)[C@@H]5CC[C@]43C)[C@@H]12. The van der Waals surface area contributed by atoms with Gasteiger partial charge in [0, 0.05) is 24.9 Å². The molecule has 0 radical (unpaired) electrons. The number of hydrogen-bond acceptors (Lipinski definition) is 5. The first-order valence-electron chi connectivity index (χ1n) is 21.4. The van der Waals surface area contributed by atoms with E-state index in [4.69, 9.17) is 0 Å². The van der Waals surface area contributed by atoms with Crippen molar-refractivity contribution in [3.05, 3.63) is 35.5 Å². The summed E-state index contributed by atoms with van der Waals surface area (Å²) in [7, 11) is -2.90. The Morgan fingerprint density at radius 3 is 2.21 bits per heavy atom. The first-order valence-corrected chi connectivity index (χ1v) is 23.2. The van der Waals surface area contributed by atoms with Crippen molar-refractivity contribution in [2.45, 2.75) is 138 Å². The number of fused-ring (bicyclic) bond motifs is 7. The molecule has 0 amide bonds. The van der Waals surface area contributed by atoms with Gasteiger partial charge in [0.1, 0.15) is 18.2 Å². The van der Waals surface area contributed by atoms with E-state index in [2.05, 4.69) is 65.2 Å². The zero-order valence-electron chi connectivity index (χ0n) is 34.3. The summed E-state index contributed by atoms with van der Waals surface area (Å²) in [5.41, 5.74) is 3.56. The monoisotopic (exact) mass is 752 g/mol. The van der Waals surface area contributed by atoms with E-state index in [0.29, 0.717) is 67.7 Å². The summed E-state index contributed by atoms with van der Waals surface area (Å²) in [6.07, 6.45) is 18.3. The van der Waals surface area contributed by atoms with Crippen LogP contribution in [0.25, 0.3) is 0 Å². The predicted molar refractivity (Wildman–Crippen MR) is 213 cm³/mol. The van der Waals surface area contributed by atoms with Crippen LogP contribution in [0.5, 0.6) is 0 Å². The zero-order valence-corrected chi connectivity index (χ0v) is 35.1. The molecule has 0 aromatic rings. The van der Waals surface area contributed by atoms with Crippen LogP contribution in [0, 0.1) is 62.1 Å². The van der Waals surface area contributed by atoms with Gasteiger partial charge in [0.2, 0.25) is 0 Å². The standard InChI is InChI=1S/C46H70FNO4S/c1-31(2)34-15-22-46(39(50)10-9-25-48-26-28-53(51,52)29-27-48)24-23-43(7)36(40(34)46)11-12-38-42(6)18-16-35(41(4,5)37(42)17-19-44(38,43)8)33-13-20-45(30-47,21-14-33)32(3)49/h13,16,34,36-38,40H,1,9-12,14-15,17-30H2,2-8H3/t34-,36+,37-,38+,40+,42-,43+,44+,45+,46+/m0/s1. The van der Waals surface area contributed by atoms with Gasteiger partial charge in [-0.2, -0.15) is 0 Å². The second kappa shape index (κ2) is 13.5. The Balaban J connectivity index is 1.13. The zero-order chi connectivity index (χ0) is 38.4. The fourth-order valence-corrected chi connectivity index (χ4v) is 16.4. The molecule has 7 heteroatoms. The number of hydrogen-bond donors (Lipinski definition) is 0. The van der Waals surface area contributed by atoms with Crippen molar-refractivity contribution in [3.8, 4) is 0 Å². The molecule has 5 fully saturated rings. The van der Waals surface area contributed by atoms with Crippen LogP contribution >= 0.6 is 0 Å². The number of nitrogens with zero attached hydrogens (tertiary/aromatic N) is 1. The van der Waals surface area contributed by atoms with E-state index >= 15 is 0 Å². The molecule has 53 heavy (non-hydrogen) atoms. The molecule has 0 aromatic heterocycles. The molecule has 6 aliphatic carbocycles. The number of halogens is 1. The maximum Gasteiger partial charge on any atom is 0.152 e. The maximum absolute atomic E-state index is 14.6. The highest BCUT2D eigenvalue weighted by Crippen LogP contribution is 2.78. The minimum atomic E-state index is -2.90. The van der Waals surface area contributed by atoms with Crippen molar-refractivity contribution in [2.24, 2.45) is 62.1 Å². The average molecular weight is 752 g/mol. The van der Waals surface area contributed by atoms with Gasteiger partial charge in [-0.25, -0.2) is 12.8 Å². The minimum absolute atomic E-state index is 0.0109. The second-order valence-corrected chi connectivity index (χ2v) is 23.1. The molecular weight excluding hydrogens is 682 g/mol. The molecule has 0 spiro atoms. The fraction of sp³-hybridized carbons (Fsp3) is 0.826. The summed E-state index contributed by atoms with van der Waals surface area (Å²) in [6, 6.07) is 0. The molecule has 10 atom stereocenters. The number of allylic oxidation sites excluding steroid dienone is 5. The number of sulfone groups is 1. The van der Waals surface area contributed by atoms with Gasteiger partial charge >= 0.3 is 0 Å². The third kappa shape index (κ3) is 5.99. The Kier molecular flexibility index (Phi) is 10.1. The van der Waals surface area contributed by atoms with E-state index < -0.39 is 21.9 Å². The summed E-state index contributed by atoms with van der Waals surface area (Å²) < 4.78 is 38.1. The van der Waals surface area contributed by atoms with Gasteiger partial charge in [-0.15, -0.1) is 0 Å². The number of alkyl halides is 1. The largest absolute Gasteiger partial charge is 0.301 e. The third-order valence-electron chi connectivity index (χ3n) is 18.5. The van der Waals surface area contributed by atoms with E-state index in [1.807, 2.05) is 0 Å². The van der Waals surface area contributed by atoms with Crippen LogP contribution in [-0.2, 0) is 19.4 Å². The number of ketones is 2. The van der Waals surface area contributed by atoms with E-state index in [-0.39, 0.29) is 44.4 Å². The van der Waals surface area contributed by atoms with Gasteiger partial charge in [0.05, 0.1) is 16.9 Å². The Labute approximate surface area is 321 Å². The van der Waals surface area contributed by atoms with Gasteiger partial charge in [0.15, 0.2) is 9.84 Å². The van der Waals surface area contributed by atoms with Gasteiger partial charge < -0.3 is 4.90 Å². The molecule has 1 heterocycles. The Hall–Kier alpha value is -1.60. The molecule has 0 unspecified atom stereocenters. The normalized spacial score (nSPS) is 44.7. The van der Waals surface area contributed by atoms with E-state index in [9.17, 15) is 22.4 Å². The maximum atomic E-state index is 14.6. The molecular formula is C46H70FNO4S. The minimum Gasteiger partial charge on any atom is -0.301 e. The molecule has 0 bridgehead atoms. The van der Waals surface area contributed by atoms with Crippen LogP contribution in [0.15, 0.2) is 35.5 Å². The van der Waals surface area contributed by atoms with Crippen LogP contribution in [0.4, 0.5) is 4.39 Å². The molecule has 1 saturated heterocycles. The number of rotatable bonds is 9. The predicted octanol–water partition coefficient (Wildman–Crippen LogP) is 9.92. The lowest BCUT2D eigenvalue weighted by molar-refractivity contribution is -0.226. The van der Waals surface area contributed by atoms with Gasteiger partial charge in [0.25, 0.3) is 0 Å². The lowest BCUT2D eigenvalue weighted by atomic mass is 9.32. The van der Waals surface area contributed by atoms with Gasteiger partial charge in [-0.1, -0.05) is 58.9 Å². The second-order valence-electron chi connectivity index (χ2n) is 20.8. The van der Waals surface area contributed by atoms with Crippen molar-refractivity contribution in [1.82, 2.24) is 4.90 Å².